The van der Waals surface area contributed by atoms with E-state index in [0.29, 0.717) is 49.5 Å². The molecule has 0 bridgehead atoms. The van der Waals surface area contributed by atoms with Crippen LogP contribution in [0.25, 0.3) is 0 Å². The molecule has 2 heterocycles. The van der Waals surface area contributed by atoms with Crippen molar-refractivity contribution in [1.29, 1.82) is 0 Å². The van der Waals surface area contributed by atoms with Crippen LogP contribution in [0.3, 0.4) is 0 Å². The van der Waals surface area contributed by atoms with Crippen molar-refractivity contribution in [2.45, 2.75) is 11.3 Å². The molecule has 0 unspecified atom stereocenters. The number of amides is 2. The molecule has 2 aliphatic heterocycles. The van der Waals surface area contributed by atoms with Crippen molar-refractivity contribution in [3.05, 3.63) is 58.1 Å². The van der Waals surface area contributed by atoms with Crippen LogP contribution in [0.2, 0.25) is 0 Å². The molecule has 1 saturated heterocycles. The van der Waals surface area contributed by atoms with Crippen molar-refractivity contribution in [3.8, 4) is 0 Å². The quantitative estimate of drug-likeness (QED) is 0.615. The topological polar surface area (TPSA) is 95.8 Å². The van der Waals surface area contributed by atoms with Gasteiger partial charge in [0.25, 0.3) is 11.6 Å². The molecule has 8 nitrogen and oxygen atoms in total. The van der Waals surface area contributed by atoms with E-state index >= 15 is 0 Å². The van der Waals surface area contributed by atoms with Crippen LogP contribution in [0, 0.1) is 10.1 Å². The number of hydrogen-bond acceptors (Lipinski definition) is 6. The summed E-state index contributed by atoms with van der Waals surface area (Å²) in [5, 5.41) is 14.1. The van der Waals surface area contributed by atoms with E-state index in [1.165, 1.54) is 6.07 Å². The lowest BCUT2D eigenvalue weighted by molar-refractivity contribution is -0.384. The van der Waals surface area contributed by atoms with Crippen molar-refractivity contribution in [1.82, 2.24) is 4.90 Å². The molecule has 9 heteroatoms. The molecule has 2 aromatic carbocycles. The van der Waals surface area contributed by atoms with Crippen LogP contribution in [0.4, 0.5) is 17.1 Å². The third kappa shape index (κ3) is 4.04. The molecule has 29 heavy (non-hydrogen) atoms. The summed E-state index contributed by atoms with van der Waals surface area (Å²) >= 11 is 1.60. The molecule has 150 valence electrons. The number of nitro groups is 1. The van der Waals surface area contributed by atoms with E-state index in [9.17, 15) is 19.7 Å². The third-order valence-corrected chi connectivity index (χ3v) is 6.15. The van der Waals surface area contributed by atoms with E-state index in [4.69, 9.17) is 0 Å². The lowest BCUT2D eigenvalue weighted by atomic mass is 10.1. The first-order valence-electron chi connectivity index (χ1n) is 9.37. The van der Waals surface area contributed by atoms with Crippen molar-refractivity contribution in [3.63, 3.8) is 0 Å². The molecular formula is C20H20N4O4S. The first-order valence-corrected chi connectivity index (χ1v) is 10.4. The Hall–Kier alpha value is -3.07. The van der Waals surface area contributed by atoms with Crippen LogP contribution >= 0.6 is 11.8 Å². The van der Waals surface area contributed by atoms with Gasteiger partial charge >= 0.3 is 0 Å². The zero-order valence-electron chi connectivity index (χ0n) is 15.7. The van der Waals surface area contributed by atoms with Gasteiger partial charge < -0.3 is 15.1 Å². The summed E-state index contributed by atoms with van der Waals surface area (Å²) in [6.07, 6.45) is 0.455. The number of carbonyl (C=O) groups excluding carboxylic acids is 2. The van der Waals surface area contributed by atoms with Crippen molar-refractivity contribution in [2.24, 2.45) is 0 Å². The molecule has 0 saturated carbocycles. The number of piperazine rings is 1. The molecule has 0 aromatic heterocycles. The zero-order chi connectivity index (χ0) is 20.4. The normalized spacial score (nSPS) is 16.6. The highest BCUT2D eigenvalue weighted by molar-refractivity contribution is 7.99. The maximum Gasteiger partial charge on any atom is 0.292 e. The Labute approximate surface area is 172 Å². The lowest BCUT2D eigenvalue weighted by Crippen LogP contribution is -2.49. The van der Waals surface area contributed by atoms with Crippen LogP contribution < -0.4 is 10.2 Å². The fourth-order valence-electron chi connectivity index (χ4n) is 3.57. The summed E-state index contributed by atoms with van der Waals surface area (Å²) in [5.41, 5.74) is 1.87. The van der Waals surface area contributed by atoms with E-state index < -0.39 is 0 Å². The van der Waals surface area contributed by atoms with Crippen LogP contribution in [-0.2, 0) is 4.79 Å². The van der Waals surface area contributed by atoms with Gasteiger partial charge in [-0.15, -0.1) is 11.8 Å². The minimum absolute atomic E-state index is 0.0427. The largest absolute Gasteiger partial charge is 0.362 e. The Morgan fingerprint density at radius 1 is 1.10 bits per heavy atom. The highest BCUT2D eigenvalue weighted by Gasteiger charge is 2.26. The first-order chi connectivity index (χ1) is 14.0. The van der Waals surface area contributed by atoms with Crippen LogP contribution in [0.5, 0.6) is 0 Å². The van der Waals surface area contributed by atoms with Crippen LogP contribution in [-0.4, -0.2) is 53.6 Å². The molecule has 0 aliphatic carbocycles. The highest BCUT2D eigenvalue weighted by atomic mass is 32.2. The minimum Gasteiger partial charge on any atom is -0.362 e. The summed E-state index contributed by atoms with van der Waals surface area (Å²) in [7, 11) is 0. The first kappa shape index (κ1) is 19.3. The molecule has 0 radical (unpaired) electrons. The van der Waals surface area contributed by atoms with E-state index in [-0.39, 0.29) is 22.4 Å². The van der Waals surface area contributed by atoms with Gasteiger partial charge in [0.1, 0.15) is 5.69 Å². The average molecular weight is 412 g/mol. The maximum atomic E-state index is 13.0. The number of nitrogens with zero attached hydrogens (tertiary/aromatic N) is 3. The van der Waals surface area contributed by atoms with Crippen LogP contribution in [0.1, 0.15) is 16.8 Å². The second-order valence-electron chi connectivity index (χ2n) is 6.88. The number of fused-ring (bicyclic) bond motifs is 1. The average Bonchev–Trinajstić information content (AvgIpc) is 2.93. The minimum atomic E-state index is -0.380. The van der Waals surface area contributed by atoms with Gasteiger partial charge in [0, 0.05) is 54.9 Å². The molecule has 0 spiro atoms. The summed E-state index contributed by atoms with van der Waals surface area (Å²) in [4.78, 5) is 40.3. The fraction of sp³-hybridized carbons (Fsp3) is 0.300. The second kappa shape index (κ2) is 8.12. The molecule has 1 fully saturated rings. The Bertz CT molecular complexity index is 973. The van der Waals surface area contributed by atoms with Gasteiger partial charge in [-0.25, -0.2) is 0 Å². The summed E-state index contributed by atoms with van der Waals surface area (Å²) < 4.78 is 0. The van der Waals surface area contributed by atoms with E-state index in [1.54, 1.807) is 47.0 Å². The van der Waals surface area contributed by atoms with Crippen molar-refractivity contribution >= 4 is 40.6 Å². The second-order valence-corrected chi connectivity index (χ2v) is 8.02. The van der Waals surface area contributed by atoms with Gasteiger partial charge in [-0.05, 0) is 24.3 Å². The van der Waals surface area contributed by atoms with Gasteiger partial charge in [0.05, 0.1) is 10.6 Å². The Morgan fingerprint density at radius 2 is 1.86 bits per heavy atom. The lowest BCUT2D eigenvalue weighted by Gasteiger charge is -2.35. The van der Waals surface area contributed by atoms with Gasteiger partial charge in [-0.1, -0.05) is 12.1 Å². The summed E-state index contributed by atoms with van der Waals surface area (Å²) in [6.45, 7) is 1.99. The number of nitro benzene ring substituents is 1. The predicted octanol–water partition coefficient (Wildman–Crippen LogP) is 2.99. The highest BCUT2D eigenvalue weighted by Crippen LogP contribution is 2.32. The number of hydrogen-bond donors (Lipinski definition) is 1. The smallest absolute Gasteiger partial charge is 0.292 e. The molecule has 2 aromatic rings. The molecule has 0 atom stereocenters. The van der Waals surface area contributed by atoms with Crippen LogP contribution in [0.15, 0.2) is 47.4 Å². The van der Waals surface area contributed by atoms with Crippen molar-refractivity contribution in [2.75, 3.05) is 42.1 Å². The van der Waals surface area contributed by atoms with Gasteiger partial charge in [-0.3, -0.25) is 19.7 Å². The summed E-state index contributed by atoms with van der Waals surface area (Å²) in [5.74, 6) is 0.581. The van der Waals surface area contributed by atoms with Gasteiger partial charge in [-0.2, -0.15) is 0 Å². The Balaban J connectivity index is 1.46. The number of nitrogens with one attached hydrogen (secondary N) is 1. The number of benzene rings is 2. The fourth-order valence-corrected chi connectivity index (χ4v) is 4.51. The predicted molar refractivity (Wildman–Crippen MR) is 112 cm³/mol. The zero-order valence-corrected chi connectivity index (χ0v) is 16.5. The maximum absolute atomic E-state index is 13.0. The number of carbonyl (C=O) groups is 2. The van der Waals surface area contributed by atoms with E-state index in [1.807, 2.05) is 11.0 Å². The van der Waals surface area contributed by atoms with E-state index in [2.05, 4.69) is 5.32 Å². The Kier molecular flexibility index (Phi) is 5.39. The number of para-hydroxylation sites is 2. The third-order valence-electron chi connectivity index (χ3n) is 5.07. The van der Waals surface area contributed by atoms with Gasteiger partial charge in [0.2, 0.25) is 5.91 Å². The number of anilines is 2. The monoisotopic (exact) mass is 412 g/mol. The van der Waals surface area contributed by atoms with Gasteiger partial charge in [0.15, 0.2) is 0 Å². The Morgan fingerprint density at radius 3 is 2.62 bits per heavy atom. The number of rotatable bonds is 3. The molecule has 2 amide bonds. The van der Waals surface area contributed by atoms with Crippen molar-refractivity contribution < 1.29 is 14.5 Å². The summed E-state index contributed by atoms with van der Waals surface area (Å²) in [6, 6.07) is 12.1. The molecule has 2 aliphatic rings. The molecule has 4 rings (SSSR count). The number of thioether (sulfide) groups is 1. The SMILES string of the molecule is O=C1CCSc2ccc(C(=O)N3CCN(c4ccccc4[N+](=O)[O-])CC3)cc2N1. The molecular weight excluding hydrogens is 392 g/mol. The van der Waals surface area contributed by atoms with E-state index in [0.717, 1.165) is 10.6 Å². The molecule has 1 N–H and O–H groups in total. The standard InChI is InChI=1S/C20H20N4O4S/c25-19-7-12-29-18-6-5-14(13-15(18)21-19)20(26)23-10-8-22(9-11-23)16-3-1-2-4-17(16)24(27)28/h1-6,13H,7-12H2,(H,21,25).